The van der Waals surface area contributed by atoms with Crippen molar-refractivity contribution in [3.8, 4) is 0 Å². The van der Waals surface area contributed by atoms with E-state index in [0.29, 0.717) is 35.8 Å². The minimum absolute atomic E-state index is 0.162. The number of rotatable bonds is 5. The van der Waals surface area contributed by atoms with E-state index < -0.39 is 10.0 Å². The van der Waals surface area contributed by atoms with Crippen molar-refractivity contribution in [2.75, 3.05) is 21.9 Å². The predicted molar refractivity (Wildman–Crippen MR) is 115 cm³/mol. The Morgan fingerprint density at radius 3 is 2.62 bits per heavy atom. The molecule has 1 aliphatic rings. The van der Waals surface area contributed by atoms with E-state index in [1.165, 1.54) is 9.87 Å². The van der Waals surface area contributed by atoms with Crippen molar-refractivity contribution in [3.63, 3.8) is 0 Å². The molecule has 7 nitrogen and oxygen atoms in total. The zero-order valence-corrected chi connectivity index (χ0v) is 17.3. The highest BCUT2D eigenvalue weighted by atomic mass is 32.2. The molecule has 1 saturated heterocycles. The smallest absolute Gasteiger partial charge is 0.235 e. The molecule has 0 spiro atoms. The van der Waals surface area contributed by atoms with E-state index >= 15 is 0 Å². The highest BCUT2D eigenvalue weighted by molar-refractivity contribution is 7.93. The van der Waals surface area contributed by atoms with Crippen LogP contribution in [0.2, 0.25) is 0 Å². The third-order valence-electron chi connectivity index (χ3n) is 5.20. The van der Waals surface area contributed by atoms with Gasteiger partial charge in [-0.05, 0) is 41.7 Å². The highest BCUT2D eigenvalue weighted by Gasteiger charge is 2.28. The third kappa shape index (κ3) is 3.98. The Bertz CT molecular complexity index is 1150. The van der Waals surface area contributed by atoms with Gasteiger partial charge in [0, 0.05) is 11.9 Å². The largest absolute Gasteiger partial charge is 0.308 e. The van der Waals surface area contributed by atoms with Gasteiger partial charge in [-0.2, -0.15) is 5.10 Å². The molecule has 1 amide bonds. The van der Waals surface area contributed by atoms with Crippen LogP contribution >= 0.6 is 0 Å². The molecule has 0 atom stereocenters. The molecule has 0 unspecified atom stereocenters. The summed E-state index contributed by atoms with van der Waals surface area (Å²) in [6.07, 6.45) is 0.859. The lowest BCUT2D eigenvalue weighted by atomic mass is 10.0. The molecule has 2 aromatic carbocycles. The summed E-state index contributed by atoms with van der Waals surface area (Å²) < 4.78 is 25.8. The van der Waals surface area contributed by atoms with E-state index in [1.54, 1.807) is 18.2 Å². The topological polar surface area (TPSA) is 95.2 Å². The summed E-state index contributed by atoms with van der Waals surface area (Å²) >= 11 is 0. The van der Waals surface area contributed by atoms with Crippen molar-refractivity contribution in [2.45, 2.75) is 32.6 Å². The minimum Gasteiger partial charge on any atom is -0.308 e. The lowest BCUT2D eigenvalue weighted by molar-refractivity contribution is -0.115. The summed E-state index contributed by atoms with van der Waals surface area (Å²) in [5.41, 5.74) is 3.49. The van der Waals surface area contributed by atoms with E-state index in [1.807, 2.05) is 24.3 Å². The van der Waals surface area contributed by atoms with E-state index in [9.17, 15) is 13.2 Å². The van der Waals surface area contributed by atoms with Gasteiger partial charge in [0.05, 0.1) is 23.4 Å². The Labute approximate surface area is 170 Å². The van der Waals surface area contributed by atoms with Gasteiger partial charge in [0.1, 0.15) is 0 Å². The summed E-state index contributed by atoms with van der Waals surface area (Å²) in [6, 6.07) is 13.3. The van der Waals surface area contributed by atoms with Crippen LogP contribution in [0, 0.1) is 0 Å². The van der Waals surface area contributed by atoms with Crippen molar-refractivity contribution in [3.05, 3.63) is 53.6 Å². The molecule has 2 N–H and O–H groups in total. The fraction of sp³-hybridized carbons (Fsp3) is 0.333. The molecule has 4 rings (SSSR count). The van der Waals surface area contributed by atoms with Gasteiger partial charge < -0.3 is 5.32 Å². The van der Waals surface area contributed by atoms with Gasteiger partial charge in [-0.15, -0.1) is 0 Å². The SMILES string of the molecule is CC(C)c1ccc(CC(=O)Nc2n[nH]c3ccc(N4CCCS4(=O)=O)cc23)cc1. The number of aromatic nitrogens is 2. The van der Waals surface area contributed by atoms with Crippen molar-refractivity contribution in [1.29, 1.82) is 0 Å². The molecule has 0 aliphatic carbocycles. The predicted octanol–water partition coefficient (Wildman–Crippen LogP) is 3.41. The van der Waals surface area contributed by atoms with Crippen molar-refractivity contribution in [1.82, 2.24) is 10.2 Å². The Morgan fingerprint density at radius 2 is 1.97 bits per heavy atom. The number of aromatic amines is 1. The first kappa shape index (κ1) is 19.4. The van der Waals surface area contributed by atoms with Gasteiger partial charge in [-0.3, -0.25) is 14.2 Å². The molecule has 0 radical (unpaired) electrons. The zero-order valence-electron chi connectivity index (χ0n) is 16.5. The number of fused-ring (bicyclic) bond motifs is 1. The zero-order chi connectivity index (χ0) is 20.6. The van der Waals surface area contributed by atoms with Gasteiger partial charge >= 0.3 is 0 Å². The number of H-pyrrole nitrogens is 1. The van der Waals surface area contributed by atoms with Gasteiger partial charge in [0.15, 0.2) is 5.82 Å². The molecule has 1 aliphatic heterocycles. The Morgan fingerprint density at radius 1 is 1.21 bits per heavy atom. The number of nitrogens with zero attached hydrogens (tertiary/aromatic N) is 2. The van der Waals surface area contributed by atoms with Crippen LogP contribution in [0.15, 0.2) is 42.5 Å². The van der Waals surface area contributed by atoms with Crippen LogP contribution in [0.4, 0.5) is 11.5 Å². The molecule has 8 heteroatoms. The van der Waals surface area contributed by atoms with Gasteiger partial charge in [0.2, 0.25) is 15.9 Å². The lowest BCUT2D eigenvalue weighted by Gasteiger charge is -2.16. The van der Waals surface area contributed by atoms with Crippen LogP contribution in [0.3, 0.4) is 0 Å². The first-order valence-electron chi connectivity index (χ1n) is 9.71. The van der Waals surface area contributed by atoms with Crippen molar-refractivity contribution in [2.24, 2.45) is 0 Å². The van der Waals surface area contributed by atoms with Crippen LogP contribution in [-0.4, -0.2) is 36.8 Å². The number of hydrogen-bond acceptors (Lipinski definition) is 4. The Hall–Kier alpha value is -2.87. The van der Waals surface area contributed by atoms with Crippen molar-refractivity contribution >= 4 is 38.3 Å². The lowest BCUT2D eigenvalue weighted by Crippen LogP contribution is -2.24. The third-order valence-corrected chi connectivity index (χ3v) is 7.07. The standard InChI is InChI=1S/C21H24N4O3S/c1-14(2)16-6-4-15(5-7-16)12-20(26)22-21-18-13-17(8-9-19(18)23-24-21)25-10-3-11-29(25,27)28/h4-9,13-14H,3,10-12H2,1-2H3,(H2,22,23,24,26). The quantitative estimate of drug-likeness (QED) is 0.671. The second kappa shape index (κ2) is 7.51. The Balaban J connectivity index is 1.53. The number of carbonyl (C=O) groups is 1. The van der Waals surface area contributed by atoms with Gasteiger partial charge in [0.25, 0.3) is 0 Å². The summed E-state index contributed by atoms with van der Waals surface area (Å²) in [5, 5.41) is 10.6. The molecule has 1 aromatic heterocycles. The molecular formula is C21H24N4O3S. The van der Waals surface area contributed by atoms with E-state index in [0.717, 1.165) is 11.1 Å². The second-order valence-corrected chi connectivity index (χ2v) is 9.68. The molecule has 152 valence electrons. The molecule has 2 heterocycles. The summed E-state index contributed by atoms with van der Waals surface area (Å²) in [7, 11) is -3.26. The van der Waals surface area contributed by atoms with E-state index in [-0.39, 0.29) is 18.1 Å². The fourth-order valence-electron chi connectivity index (χ4n) is 3.56. The highest BCUT2D eigenvalue weighted by Crippen LogP contribution is 2.30. The number of carbonyl (C=O) groups excluding carboxylic acids is 1. The Kier molecular flexibility index (Phi) is 5.04. The summed E-state index contributed by atoms with van der Waals surface area (Å²) in [6.45, 7) is 4.73. The number of anilines is 2. The first-order valence-corrected chi connectivity index (χ1v) is 11.3. The van der Waals surface area contributed by atoms with Gasteiger partial charge in [-0.1, -0.05) is 38.1 Å². The maximum Gasteiger partial charge on any atom is 0.235 e. The van der Waals surface area contributed by atoms with Gasteiger partial charge in [-0.25, -0.2) is 8.42 Å². The number of sulfonamides is 1. The normalized spacial score (nSPS) is 15.9. The molecular weight excluding hydrogens is 388 g/mol. The molecule has 0 saturated carbocycles. The van der Waals surface area contributed by atoms with Crippen LogP contribution in [0.25, 0.3) is 10.9 Å². The molecule has 1 fully saturated rings. The number of benzene rings is 2. The van der Waals surface area contributed by atoms with Crippen LogP contribution in [-0.2, 0) is 21.2 Å². The second-order valence-electron chi connectivity index (χ2n) is 7.67. The number of hydrogen-bond donors (Lipinski definition) is 2. The average Bonchev–Trinajstić information content (AvgIpc) is 3.24. The van der Waals surface area contributed by atoms with E-state index in [4.69, 9.17) is 0 Å². The average molecular weight is 413 g/mol. The maximum absolute atomic E-state index is 12.5. The summed E-state index contributed by atoms with van der Waals surface area (Å²) in [4.78, 5) is 12.5. The monoisotopic (exact) mass is 412 g/mol. The summed E-state index contributed by atoms with van der Waals surface area (Å²) in [5.74, 6) is 0.842. The van der Waals surface area contributed by atoms with Crippen molar-refractivity contribution < 1.29 is 13.2 Å². The van der Waals surface area contributed by atoms with Crippen LogP contribution in [0.5, 0.6) is 0 Å². The molecule has 29 heavy (non-hydrogen) atoms. The number of nitrogens with one attached hydrogen (secondary N) is 2. The minimum atomic E-state index is -3.26. The molecule has 3 aromatic rings. The van der Waals surface area contributed by atoms with E-state index in [2.05, 4.69) is 29.4 Å². The fourth-order valence-corrected chi connectivity index (χ4v) is 5.12. The van der Waals surface area contributed by atoms with Crippen LogP contribution in [0.1, 0.15) is 37.3 Å². The number of amides is 1. The first-order chi connectivity index (χ1) is 13.8. The maximum atomic E-state index is 12.5. The van der Waals surface area contributed by atoms with Crippen LogP contribution < -0.4 is 9.62 Å². The molecule has 0 bridgehead atoms.